The monoisotopic (exact) mass is 158 g/mol. The first-order valence-corrected chi connectivity index (χ1v) is 3.00. The molecule has 0 aliphatic heterocycles. The van der Waals surface area contributed by atoms with Crippen LogP contribution in [-0.4, -0.2) is 18.7 Å². The minimum absolute atomic E-state index is 0.275. The highest BCUT2D eigenvalue weighted by atomic mass is 16.7. The number of ether oxygens (including phenoxy) is 2. The minimum Gasteiger partial charge on any atom is -0.428 e. The van der Waals surface area contributed by atoms with Crippen molar-refractivity contribution in [3.8, 4) is 0 Å². The Morgan fingerprint density at radius 1 is 1.27 bits per heavy atom. The third-order valence-corrected chi connectivity index (χ3v) is 0.801. The lowest BCUT2D eigenvalue weighted by atomic mass is 10.4. The maximum absolute atomic E-state index is 10.6. The Morgan fingerprint density at radius 3 is 2.18 bits per heavy atom. The molecule has 0 radical (unpaired) electrons. The van der Waals surface area contributed by atoms with E-state index < -0.39 is 11.9 Å². The van der Waals surface area contributed by atoms with Crippen LogP contribution in [0.25, 0.3) is 0 Å². The molecular weight excluding hydrogens is 148 g/mol. The molecule has 0 spiro atoms. The van der Waals surface area contributed by atoms with Crippen LogP contribution in [-0.2, 0) is 19.1 Å². The molecule has 0 aliphatic carbocycles. The van der Waals surface area contributed by atoms with Crippen molar-refractivity contribution in [2.75, 3.05) is 6.79 Å². The molecule has 0 saturated carbocycles. The van der Waals surface area contributed by atoms with Gasteiger partial charge in [0.25, 0.3) is 0 Å². The molecule has 0 rings (SSSR count). The number of carbonyl (C=O) groups is 2. The molecule has 4 heteroatoms. The Hall–Kier alpha value is -1.32. The molecule has 0 fully saturated rings. The number of rotatable bonds is 3. The van der Waals surface area contributed by atoms with Gasteiger partial charge in [0.1, 0.15) is 0 Å². The molecule has 0 saturated heterocycles. The van der Waals surface area contributed by atoms with Crippen molar-refractivity contribution >= 4 is 11.9 Å². The van der Waals surface area contributed by atoms with Gasteiger partial charge in [-0.05, 0) is 6.92 Å². The summed E-state index contributed by atoms with van der Waals surface area (Å²) in [6.45, 7) is 5.73. The van der Waals surface area contributed by atoms with E-state index in [4.69, 9.17) is 0 Å². The molecule has 0 aliphatic rings. The van der Waals surface area contributed by atoms with Crippen molar-refractivity contribution in [2.24, 2.45) is 0 Å². The Bertz CT molecular complexity index is 183. The largest absolute Gasteiger partial charge is 0.428 e. The van der Waals surface area contributed by atoms with Crippen molar-refractivity contribution in [3.05, 3.63) is 12.2 Å². The third kappa shape index (κ3) is 5.14. The molecule has 0 N–H and O–H groups in total. The van der Waals surface area contributed by atoms with Gasteiger partial charge in [0.05, 0.1) is 0 Å². The summed E-state index contributed by atoms with van der Waals surface area (Å²) in [5.41, 5.74) is 0.275. The number of carbonyl (C=O) groups excluding carboxylic acids is 2. The van der Waals surface area contributed by atoms with E-state index in [0.29, 0.717) is 0 Å². The zero-order valence-corrected chi connectivity index (χ0v) is 6.55. The van der Waals surface area contributed by atoms with Crippen LogP contribution < -0.4 is 0 Å². The summed E-state index contributed by atoms with van der Waals surface area (Å²) in [6, 6.07) is 0. The summed E-state index contributed by atoms with van der Waals surface area (Å²) in [5.74, 6) is -1.05. The molecule has 11 heavy (non-hydrogen) atoms. The van der Waals surface area contributed by atoms with Gasteiger partial charge in [0.15, 0.2) is 0 Å². The maximum Gasteiger partial charge on any atom is 0.335 e. The van der Waals surface area contributed by atoms with Crippen LogP contribution in [0, 0.1) is 0 Å². The van der Waals surface area contributed by atoms with E-state index in [0.717, 1.165) is 0 Å². The van der Waals surface area contributed by atoms with Gasteiger partial charge in [-0.3, -0.25) is 4.79 Å². The van der Waals surface area contributed by atoms with Crippen molar-refractivity contribution < 1.29 is 19.1 Å². The zero-order valence-electron chi connectivity index (χ0n) is 6.55. The van der Waals surface area contributed by atoms with Crippen LogP contribution in [0.3, 0.4) is 0 Å². The SMILES string of the molecule is C=C(C)C(=O)OCOC(C)=O. The molecule has 0 amide bonds. The van der Waals surface area contributed by atoms with Crippen LogP contribution in [0.4, 0.5) is 0 Å². The van der Waals surface area contributed by atoms with E-state index in [1.165, 1.54) is 13.8 Å². The standard InChI is InChI=1S/C7H10O4/c1-5(2)7(9)11-4-10-6(3)8/h1,4H2,2-3H3. The summed E-state index contributed by atoms with van der Waals surface area (Å²) < 4.78 is 8.77. The Kier molecular flexibility index (Phi) is 3.95. The lowest BCUT2D eigenvalue weighted by Gasteiger charge is -2.02. The molecule has 0 unspecified atom stereocenters. The van der Waals surface area contributed by atoms with Gasteiger partial charge < -0.3 is 9.47 Å². The van der Waals surface area contributed by atoms with Crippen molar-refractivity contribution in [1.29, 1.82) is 0 Å². The predicted molar refractivity (Wildman–Crippen MR) is 37.5 cm³/mol. The van der Waals surface area contributed by atoms with Gasteiger partial charge in [-0.2, -0.15) is 0 Å². The fourth-order valence-corrected chi connectivity index (χ4v) is 0.289. The summed E-state index contributed by atoms with van der Waals surface area (Å²) in [4.78, 5) is 20.8. The first-order chi connectivity index (χ1) is 5.04. The van der Waals surface area contributed by atoms with Gasteiger partial charge in [-0.15, -0.1) is 0 Å². The molecule has 0 bridgehead atoms. The molecule has 0 atom stereocenters. The quantitative estimate of drug-likeness (QED) is 0.343. The van der Waals surface area contributed by atoms with E-state index in [1.54, 1.807) is 0 Å². The van der Waals surface area contributed by atoms with Crippen molar-refractivity contribution in [3.63, 3.8) is 0 Å². The number of hydrogen-bond acceptors (Lipinski definition) is 4. The molecule has 4 nitrogen and oxygen atoms in total. The fraction of sp³-hybridized carbons (Fsp3) is 0.429. The number of hydrogen-bond donors (Lipinski definition) is 0. The van der Waals surface area contributed by atoms with E-state index in [2.05, 4.69) is 16.1 Å². The molecular formula is C7H10O4. The Balaban J connectivity index is 3.47. The Morgan fingerprint density at radius 2 is 1.82 bits per heavy atom. The first kappa shape index (κ1) is 9.68. The van der Waals surface area contributed by atoms with E-state index in [1.807, 2.05) is 0 Å². The summed E-state index contributed by atoms with van der Waals surface area (Å²) in [7, 11) is 0. The van der Waals surface area contributed by atoms with Crippen LogP contribution >= 0.6 is 0 Å². The van der Waals surface area contributed by atoms with Crippen molar-refractivity contribution in [2.45, 2.75) is 13.8 Å². The average molecular weight is 158 g/mol. The zero-order chi connectivity index (χ0) is 8.85. The normalized spacial score (nSPS) is 8.55. The van der Waals surface area contributed by atoms with E-state index in [-0.39, 0.29) is 12.4 Å². The molecule has 0 aromatic rings. The van der Waals surface area contributed by atoms with Crippen LogP contribution in [0.2, 0.25) is 0 Å². The Labute approximate surface area is 64.8 Å². The van der Waals surface area contributed by atoms with Gasteiger partial charge >= 0.3 is 11.9 Å². The summed E-state index contributed by atoms with van der Waals surface area (Å²) >= 11 is 0. The van der Waals surface area contributed by atoms with Gasteiger partial charge in [-0.25, -0.2) is 4.79 Å². The highest BCUT2D eigenvalue weighted by Crippen LogP contribution is 1.91. The topological polar surface area (TPSA) is 52.6 Å². The molecule has 0 aromatic heterocycles. The second-order valence-corrected chi connectivity index (χ2v) is 1.97. The van der Waals surface area contributed by atoms with Crippen LogP contribution in [0.5, 0.6) is 0 Å². The second kappa shape index (κ2) is 4.49. The summed E-state index contributed by atoms with van der Waals surface area (Å²) in [6.07, 6.45) is 0. The lowest BCUT2D eigenvalue weighted by Crippen LogP contribution is -2.10. The minimum atomic E-state index is -0.564. The smallest absolute Gasteiger partial charge is 0.335 e. The van der Waals surface area contributed by atoms with Gasteiger partial charge in [0.2, 0.25) is 6.79 Å². The van der Waals surface area contributed by atoms with E-state index in [9.17, 15) is 9.59 Å². The molecule has 0 aromatic carbocycles. The number of esters is 2. The van der Waals surface area contributed by atoms with Crippen molar-refractivity contribution in [1.82, 2.24) is 0 Å². The van der Waals surface area contributed by atoms with Gasteiger partial charge in [0, 0.05) is 12.5 Å². The highest BCUT2D eigenvalue weighted by Gasteiger charge is 2.02. The second-order valence-electron chi connectivity index (χ2n) is 1.97. The summed E-state index contributed by atoms with van der Waals surface area (Å²) in [5, 5.41) is 0. The maximum atomic E-state index is 10.6. The predicted octanol–water partition coefficient (Wildman–Crippen LogP) is 0.626. The molecule has 0 heterocycles. The van der Waals surface area contributed by atoms with E-state index >= 15 is 0 Å². The van der Waals surface area contributed by atoms with Crippen LogP contribution in [0.15, 0.2) is 12.2 Å². The lowest BCUT2D eigenvalue weighted by molar-refractivity contribution is -0.162. The van der Waals surface area contributed by atoms with Gasteiger partial charge in [-0.1, -0.05) is 6.58 Å². The van der Waals surface area contributed by atoms with Crippen LogP contribution in [0.1, 0.15) is 13.8 Å². The molecule has 62 valence electrons. The fourth-order valence-electron chi connectivity index (χ4n) is 0.289. The average Bonchev–Trinajstić information content (AvgIpc) is 1.86. The highest BCUT2D eigenvalue weighted by molar-refractivity contribution is 5.86. The third-order valence-electron chi connectivity index (χ3n) is 0.801. The first-order valence-electron chi connectivity index (χ1n) is 3.00.